The maximum atomic E-state index is 3.57. The molecule has 2 N–H and O–H groups in total. The van der Waals surface area contributed by atoms with E-state index in [9.17, 15) is 0 Å². The topological polar surface area (TPSA) is 24.1 Å². The maximum absolute atomic E-state index is 3.57. The van der Waals surface area contributed by atoms with Crippen molar-refractivity contribution in [3.63, 3.8) is 0 Å². The molecular weight excluding hydrogens is 172 g/mol. The first-order valence-corrected chi connectivity index (χ1v) is 5.95. The van der Waals surface area contributed by atoms with E-state index in [0.717, 1.165) is 19.6 Å². The molecule has 1 atom stereocenters. The summed E-state index contributed by atoms with van der Waals surface area (Å²) in [7, 11) is 0. The predicted octanol–water partition coefficient (Wildman–Crippen LogP) is 2.07. The summed E-state index contributed by atoms with van der Waals surface area (Å²) in [6, 6.07) is 0.683. The van der Waals surface area contributed by atoms with Crippen LogP contribution in [0.25, 0.3) is 0 Å². The summed E-state index contributed by atoms with van der Waals surface area (Å²) in [6.45, 7) is 7.90. The third-order valence-corrected chi connectivity index (χ3v) is 2.82. The van der Waals surface area contributed by atoms with Crippen LogP contribution in [0.1, 0.15) is 39.5 Å². The fourth-order valence-corrected chi connectivity index (χ4v) is 1.91. The van der Waals surface area contributed by atoms with Gasteiger partial charge in [-0.15, -0.1) is 0 Å². The minimum absolute atomic E-state index is 0.683. The molecule has 14 heavy (non-hydrogen) atoms. The maximum Gasteiger partial charge on any atom is 0.0137 e. The van der Waals surface area contributed by atoms with Crippen molar-refractivity contribution in [2.24, 2.45) is 0 Å². The Morgan fingerprint density at radius 1 is 1.57 bits per heavy atom. The SMILES string of the molecule is CCCC(C)NCCC1=CCNCC1. The average molecular weight is 196 g/mol. The summed E-state index contributed by atoms with van der Waals surface area (Å²) in [5.74, 6) is 0. The Hall–Kier alpha value is -0.340. The zero-order valence-corrected chi connectivity index (χ0v) is 9.60. The van der Waals surface area contributed by atoms with Gasteiger partial charge in [0.05, 0.1) is 0 Å². The summed E-state index contributed by atoms with van der Waals surface area (Å²) in [4.78, 5) is 0. The Kier molecular flexibility index (Phi) is 5.88. The van der Waals surface area contributed by atoms with Gasteiger partial charge < -0.3 is 10.6 Å². The Bertz CT molecular complexity index is 175. The zero-order chi connectivity index (χ0) is 10.2. The van der Waals surface area contributed by atoms with Crippen LogP contribution in [0.2, 0.25) is 0 Å². The molecule has 2 heteroatoms. The second kappa shape index (κ2) is 7.02. The zero-order valence-electron chi connectivity index (χ0n) is 9.60. The lowest BCUT2D eigenvalue weighted by atomic mass is 10.1. The molecule has 1 aliphatic heterocycles. The minimum atomic E-state index is 0.683. The van der Waals surface area contributed by atoms with E-state index in [4.69, 9.17) is 0 Å². The second-order valence-electron chi connectivity index (χ2n) is 4.21. The van der Waals surface area contributed by atoms with Crippen molar-refractivity contribution in [2.45, 2.75) is 45.6 Å². The molecule has 0 aromatic carbocycles. The van der Waals surface area contributed by atoms with Gasteiger partial charge in [0.15, 0.2) is 0 Å². The molecule has 0 aromatic rings. The van der Waals surface area contributed by atoms with Gasteiger partial charge in [-0.3, -0.25) is 0 Å². The number of hydrogen-bond donors (Lipinski definition) is 2. The number of nitrogens with one attached hydrogen (secondary N) is 2. The molecular formula is C12H24N2. The molecule has 0 saturated heterocycles. The van der Waals surface area contributed by atoms with Gasteiger partial charge in [0.25, 0.3) is 0 Å². The Morgan fingerprint density at radius 2 is 2.43 bits per heavy atom. The third-order valence-electron chi connectivity index (χ3n) is 2.82. The molecule has 0 saturated carbocycles. The van der Waals surface area contributed by atoms with Crippen LogP contribution in [0.15, 0.2) is 11.6 Å². The Labute approximate surface area is 88.2 Å². The van der Waals surface area contributed by atoms with E-state index < -0.39 is 0 Å². The highest BCUT2D eigenvalue weighted by molar-refractivity contribution is 5.06. The fourth-order valence-electron chi connectivity index (χ4n) is 1.91. The lowest BCUT2D eigenvalue weighted by Crippen LogP contribution is -2.28. The monoisotopic (exact) mass is 196 g/mol. The van der Waals surface area contributed by atoms with Crippen LogP contribution in [0, 0.1) is 0 Å². The van der Waals surface area contributed by atoms with Crippen LogP contribution in [0.4, 0.5) is 0 Å². The number of rotatable bonds is 6. The van der Waals surface area contributed by atoms with Crippen LogP contribution >= 0.6 is 0 Å². The second-order valence-corrected chi connectivity index (χ2v) is 4.21. The molecule has 1 heterocycles. The van der Waals surface area contributed by atoms with E-state index in [1.807, 2.05) is 0 Å². The quantitative estimate of drug-likeness (QED) is 0.636. The lowest BCUT2D eigenvalue weighted by Gasteiger charge is -2.16. The van der Waals surface area contributed by atoms with E-state index in [0.29, 0.717) is 6.04 Å². The summed E-state index contributed by atoms with van der Waals surface area (Å²) in [5.41, 5.74) is 1.62. The van der Waals surface area contributed by atoms with Crippen molar-refractivity contribution in [2.75, 3.05) is 19.6 Å². The van der Waals surface area contributed by atoms with Crippen LogP contribution in [-0.4, -0.2) is 25.7 Å². The molecule has 0 aliphatic carbocycles. The molecule has 1 aliphatic rings. The van der Waals surface area contributed by atoms with E-state index in [1.165, 1.54) is 25.7 Å². The molecule has 0 aromatic heterocycles. The summed E-state index contributed by atoms with van der Waals surface area (Å²) < 4.78 is 0. The standard InChI is InChI=1S/C12H24N2/c1-3-4-11(2)14-10-7-12-5-8-13-9-6-12/h5,11,13-14H,3-4,6-10H2,1-2H3. The van der Waals surface area contributed by atoms with Crippen molar-refractivity contribution in [3.8, 4) is 0 Å². The van der Waals surface area contributed by atoms with Gasteiger partial charge >= 0.3 is 0 Å². The lowest BCUT2D eigenvalue weighted by molar-refractivity contribution is 0.507. The smallest absolute Gasteiger partial charge is 0.0137 e. The van der Waals surface area contributed by atoms with Gasteiger partial charge in [0.2, 0.25) is 0 Å². The van der Waals surface area contributed by atoms with E-state index in [-0.39, 0.29) is 0 Å². The van der Waals surface area contributed by atoms with E-state index in [1.54, 1.807) is 5.57 Å². The van der Waals surface area contributed by atoms with Gasteiger partial charge in [-0.2, -0.15) is 0 Å². The summed E-state index contributed by atoms with van der Waals surface area (Å²) in [5, 5.41) is 6.91. The van der Waals surface area contributed by atoms with Crippen LogP contribution < -0.4 is 10.6 Å². The van der Waals surface area contributed by atoms with Crippen LogP contribution in [-0.2, 0) is 0 Å². The molecule has 1 unspecified atom stereocenters. The van der Waals surface area contributed by atoms with Gasteiger partial charge in [-0.1, -0.05) is 25.0 Å². The first-order chi connectivity index (χ1) is 6.83. The first kappa shape index (κ1) is 11.7. The molecule has 0 bridgehead atoms. The van der Waals surface area contributed by atoms with Gasteiger partial charge in [-0.25, -0.2) is 0 Å². The minimum Gasteiger partial charge on any atom is -0.314 e. The van der Waals surface area contributed by atoms with Crippen molar-refractivity contribution in [1.82, 2.24) is 10.6 Å². The molecule has 0 fully saturated rings. The summed E-state index contributed by atoms with van der Waals surface area (Å²) in [6.07, 6.45) is 7.39. The number of hydrogen-bond acceptors (Lipinski definition) is 2. The molecule has 0 radical (unpaired) electrons. The molecule has 1 rings (SSSR count). The molecule has 0 spiro atoms. The fraction of sp³-hybridized carbons (Fsp3) is 0.833. The van der Waals surface area contributed by atoms with Gasteiger partial charge in [-0.05, 0) is 39.3 Å². The van der Waals surface area contributed by atoms with Crippen molar-refractivity contribution >= 4 is 0 Å². The Balaban J connectivity index is 2.05. The molecule has 0 amide bonds. The Morgan fingerprint density at radius 3 is 3.07 bits per heavy atom. The normalized spacial score (nSPS) is 19.1. The van der Waals surface area contributed by atoms with Crippen LogP contribution in [0.5, 0.6) is 0 Å². The highest BCUT2D eigenvalue weighted by Gasteiger charge is 2.03. The van der Waals surface area contributed by atoms with Crippen molar-refractivity contribution in [3.05, 3.63) is 11.6 Å². The average Bonchev–Trinajstić information content (AvgIpc) is 2.20. The highest BCUT2D eigenvalue weighted by atomic mass is 14.9. The molecule has 2 nitrogen and oxygen atoms in total. The van der Waals surface area contributed by atoms with Gasteiger partial charge in [0, 0.05) is 12.6 Å². The predicted molar refractivity (Wildman–Crippen MR) is 62.6 cm³/mol. The largest absolute Gasteiger partial charge is 0.314 e. The van der Waals surface area contributed by atoms with Crippen molar-refractivity contribution < 1.29 is 0 Å². The van der Waals surface area contributed by atoms with E-state index >= 15 is 0 Å². The third kappa shape index (κ3) is 4.77. The highest BCUT2D eigenvalue weighted by Crippen LogP contribution is 2.08. The van der Waals surface area contributed by atoms with E-state index in [2.05, 4.69) is 30.6 Å². The molecule has 82 valence electrons. The summed E-state index contributed by atoms with van der Waals surface area (Å²) >= 11 is 0. The van der Waals surface area contributed by atoms with Gasteiger partial charge in [0.1, 0.15) is 0 Å². The van der Waals surface area contributed by atoms with Crippen molar-refractivity contribution in [1.29, 1.82) is 0 Å². The first-order valence-electron chi connectivity index (χ1n) is 5.95. The van der Waals surface area contributed by atoms with Crippen LogP contribution in [0.3, 0.4) is 0 Å².